The van der Waals surface area contributed by atoms with Gasteiger partial charge in [-0.2, -0.15) is 0 Å². The Hall–Kier alpha value is -1.86. The molecule has 0 aliphatic carbocycles. The van der Waals surface area contributed by atoms with Crippen LogP contribution in [0.4, 0.5) is 5.69 Å². The molecule has 0 aliphatic heterocycles. The third-order valence-electron chi connectivity index (χ3n) is 3.54. The Kier molecular flexibility index (Phi) is 7.27. The maximum Gasteiger partial charge on any atom is 0.277 e. The van der Waals surface area contributed by atoms with Crippen LogP contribution in [0.1, 0.15) is 36.3 Å². The van der Waals surface area contributed by atoms with E-state index in [1.165, 1.54) is 11.8 Å². The van der Waals surface area contributed by atoms with Crippen molar-refractivity contribution in [3.05, 3.63) is 35.2 Å². The molecule has 0 saturated carbocycles. The van der Waals surface area contributed by atoms with E-state index in [0.29, 0.717) is 17.7 Å². The van der Waals surface area contributed by atoms with E-state index in [9.17, 15) is 4.79 Å². The van der Waals surface area contributed by atoms with Crippen LogP contribution in [0.5, 0.6) is 0 Å². The number of hydrogen-bond donors (Lipinski definition) is 2. The van der Waals surface area contributed by atoms with Crippen LogP contribution < -0.4 is 11.1 Å². The molecule has 1 aromatic heterocycles. The van der Waals surface area contributed by atoms with Gasteiger partial charge in [0.05, 0.1) is 5.75 Å². The van der Waals surface area contributed by atoms with Gasteiger partial charge in [-0.3, -0.25) is 4.79 Å². The molecule has 2 rings (SSSR count). The normalized spacial score (nSPS) is 10.8. The second kappa shape index (κ2) is 9.44. The summed E-state index contributed by atoms with van der Waals surface area (Å²) in [7, 11) is 0. The van der Waals surface area contributed by atoms with Crippen LogP contribution in [0, 0.1) is 13.8 Å². The summed E-state index contributed by atoms with van der Waals surface area (Å²) < 4.78 is 5.54. The lowest BCUT2D eigenvalue weighted by Crippen LogP contribution is -2.14. The van der Waals surface area contributed by atoms with Crippen molar-refractivity contribution in [2.75, 3.05) is 17.6 Å². The van der Waals surface area contributed by atoms with Gasteiger partial charge in [-0.05, 0) is 50.4 Å². The first-order valence-electron chi connectivity index (χ1n) is 8.11. The zero-order chi connectivity index (χ0) is 17.4. The van der Waals surface area contributed by atoms with E-state index in [1.807, 2.05) is 32.0 Å². The van der Waals surface area contributed by atoms with Crippen molar-refractivity contribution in [3.8, 4) is 0 Å². The summed E-state index contributed by atoms with van der Waals surface area (Å²) in [6, 6.07) is 5.98. The van der Waals surface area contributed by atoms with Crippen LogP contribution in [0.15, 0.2) is 27.8 Å². The lowest BCUT2D eigenvalue weighted by Gasteiger charge is -2.08. The van der Waals surface area contributed by atoms with Crippen LogP contribution in [0.2, 0.25) is 0 Å². The van der Waals surface area contributed by atoms with Gasteiger partial charge in [0.15, 0.2) is 0 Å². The number of thioether (sulfide) groups is 1. The predicted molar refractivity (Wildman–Crippen MR) is 96.2 cm³/mol. The Bertz CT molecular complexity index is 672. The molecule has 130 valence electrons. The van der Waals surface area contributed by atoms with E-state index >= 15 is 0 Å². The first-order valence-corrected chi connectivity index (χ1v) is 9.09. The number of nitrogens with one attached hydrogen (secondary N) is 1. The quantitative estimate of drug-likeness (QED) is 0.534. The minimum Gasteiger partial charge on any atom is -0.416 e. The summed E-state index contributed by atoms with van der Waals surface area (Å²) in [5.74, 6) is 0.767. The molecule has 1 amide bonds. The molecular formula is C17H24N4O2S. The molecule has 3 N–H and O–H groups in total. The highest BCUT2D eigenvalue weighted by Crippen LogP contribution is 2.19. The average Bonchev–Trinajstić information content (AvgIpc) is 3.01. The lowest BCUT2D eigenvalue weighted by atomic mass is 10.1. The first kappa shape index (κ1) is 18.5. The summed E-state index contributed by atoms with van der Waals surface area (Å²) in [5, 5.41) is 11.3. The fourth-order valence-electron chi connectivity index (χ4n) is 2.18. The summed E-state index contributed by atoms with van der Waals surface area (Å²) in [6.45, 7) is 4.68. The zero-order valence-electron chi connectivity index (χ0n) is 14.2. The van der Waals surface area contributed by atoms with Gasteiger partial charge in [0, 0.05) is 12.1 Å². The molecule has 24 heavy (non-hydrogen) atoms. The van der Waals surface area contributed by atoms with Gasteiger partial charge < -0.3 is 15.5 Å². The molecule has 0 unspecified atom stereocenters. The van der Waals surface area contributed by atoms with Gasteiger partial charge in [0.1, 0.15) is 0 Å². The van der Waals surface area contributed by atoms with E-state index in [-0.39, 0.29) is 11.7 Å². The number of anilines is 1. The number of hydrogen-bond acceptors (Lipinski definition) is 6. The van der Waals surface area contributed by atoms with Gasteiger partial charge in [0.25, 0.3) is 5.22 Å². The van der Waals surface area contributed by atoms with Gasteiger partial charge in [-0.15, -0.1) is 10.2 Å². The Morgan fingerprint density at radius 2 is 2.08 bits per heavy atom. The van der Waals surface area contributed by atoms with Crippen LogP contribution in [-0.4, -0.2) is 28.4 Å². The maximum absolute atomic E-state index is 12.1. The van der Waals surface area contributed by atoms with Crippen molar-refractivity contribution in [2.45, 2.75) is 44.8 Å². The minimum absolute atomic E-state index is 0.0867. The number of carbonyl (C=O) groups is 1. The number of aromatic nitrogens is 2. The molecular weight excluding hydrogens is 324 g/mol. The van der Waals surface area contributed by atoms with Crippen molar-refractivity contribution in [1.82, 2.24) is 10.2 Å². The Balaban J connectivity index is 1.77. The van der Waals surface area contributed by atoms with Crippen molar-refractivity contribution < 1.29 is 9.21 Å². The number of aryl methyl sites for hydroxylation is 3. The van der Waals surface area contributed by atoms with Gasteiger partial charge in [-0.1, -0.05) is 30.3 Å². The highest BCUT2D eigenvalue weighted by Gasteiger charge is 2.10. The standard InChI is InChI=1S/C17H24N4O2S/c1-12-7-8-13(2)14(10-12)19-15(22)11-24-17-21-20-16(23-17)6-4-3-5-9-18/h7-8,10H,3-6,9,11,18H2,1-2H3,(H,19,22). The molecule has 0 fully saturated rings. The molecule has 0 atom stereocenters. The molecule has 0 radical (unpaired) electrons. The van der Waals surface area contributed by atoms with Crippen molar-refractivity contribution in [3.63, 3.8) is 0 Å². The number of rotatable bonds is 9. The number of nitrogens with two attached hydrogens (primary N) is 1. The molecule has 0 bridgehead atoms. The van der Waals surface area contributed by atoms with Crippen molar-refractivity contribution in [2.24, 2.45) is 5.73 Å². The van der Waals surface area contributed by atoms with E-state index in [2.05, 4.69) is 15.5 Å². The van der Waals surface area contributed by atoms with Gasteiger partial charge >= 0.3 is 0 Å². The average molecular weight is 348 g/mol. The van der Waals surface area contributed by atoms with Crippen LogP contribution >= 0.6 is 11.8 Å². The van der Waals surface area contributed by atoms with E-state index < -0.39 is 0 Å². The van der Waals surface area contributed by atoms with Crippen LogP contribution in [0.25, 0.3) is 0 Å². The molecule has 0 aliphatic rings. The number of carbonyl (C=O) groups excluding carboxylic acids is 1. The second-order valence-corrected chi connectivity index (χ2v) is 6.64. The molecule has 7 heteroatoms. The topological polar surface area (TPSA) is 94.0 Å². The minimum atomic E-state index is -0.0867. The first-order chi connectivity index (χ1) is 11.6. The highest BCUT2D eigenvalue weighted by atomic mass is 32.2. The maximum atomic E-state index is 12.1. The summed E-state index contributed by atoms with van der Waals surface area (Å²) in [6.07, 6.45) is 3.80. The van der Waals surface area contributed by atoms with Crippen LogP contribution in [0.3, 0.4) is 0 Å². The molecule has 0 saturated heterocycles. The van der Waals surface area contributed by atoms with E-state index in [1.54, 1.807) is 0 Å². The summed E-state index contributed by atoms with van der Waals surface area (Å²) >= 11 is 1.25. The molecule has 2 aromatic rings. The largest absolute Gasteiger partial charge is 0.416 e. The number of benzene rings is 1. The SMILES string of the molecule is Cc1ccc(C)c(NC(=O)CSc2nnc(CCCCCN)o2)c1. The third-order valence-corrected chi connectivity index (χ3v) is 4.36. The summed E-state index contributed by atoms with van der Waals surface area (Å²) in [5.41, 5.74) is 8.45. The number of nitrogens with zero attached hydrogens (tertiary/aromatic N) is 2. The van der Waals surface area contributed by atoms with Crippen molar-refractivity contribution in [1.29, 1.82) is 0 Å². The van der Waals surface area contributed by atoms with Crippen molar-refractivity contribution >= 4 is 23.4 Å². The van der Waals surface area contributed by atoms with Gasteiger partial charge in [-0.25, -0.2) is 0 Å². The van der Waals surface area contributed by atoms with Gasteiger partial charge in [0.2, 0.25) is 11.8 Å². The van der Waals surface area contributed by atoms with E-state index in [0.717, 1.165) is 42.5 Å². The number of unbranched alkanes of at least 4 members (excludes halogenated alkanes) is 2. The van der Waals surface area contributed by atoms with Crippen LogP contribution in [-0.2, 0) is 11.2 Å². The lowest BCUT2D eigenvalue weighted by molar-refractivity contribution is -0.113. The molecule has 6 nitrogen and oxygen atoms in total. The molecule has 1 heterocycles. The Morgan fingerprint density at radius 1 is 1.25 bits per heavy atom. The third kappa shape index (κ3) is 5.98. The monoisotopic (exact) mass is 348 g/mol. The zero-order valence-corrected chi connectivity index (χ0v) is 15.0. The Labute approximate surface area is 146 Å². The molecule has 0 spiro atoms. The fraction of sp³-hybridized carbons (Fsp3) is 0.471. The second-order valence-electron chi connectivity index (χ2n) is 5.72. The van der Waals surface area contributed by atoms with E-state index in [4.69, 9.17) is 10.2 Å². The predicted octanol–water partition coefficient (Wildman–Crippen LogP) is 3.09. The fourth-order valence-corrected chi connectivity index (χ4v) is 2.76. The Morgan fingerprint density at radius 3 is 2.88 bits per heavy atom. The molecule has 1 aromatic carbocycles. The summed E-state index contributed by atoms with van der Waals surface area (Å²) in [4.78, 5) is 12.1. The smallest absolute Gasteiger partial charge is 0.277 e. The number of amides is 1. The highest BCUT2D eigenvalue weighted by molar-refractivity contribution is 7.99.